The van der Waals surface area contributed by atoms with E-state index in [4.69, 9.17) is 5.73 Å². The second-order valence-electron chi connectivity index (χ2n) is 4.35. The average molecular weight is 234 g/mol. The minimum atomic E-state index is 0.148. The first-order valence-electron chi connectivity index (χ1n) is 5.99. The van der Waals surface area contributed by atoms with Crippen molar-refractivity contribution in [3.05, 3.63) is 18.3 Å². The standard InChI is InChI=1S/C12H18N4O/c13-9-5-7-15-11(8-9)14-6-1-2-12(17)16-10-3-4-10/h5,7-8,10H,1-4,6H2,(H,16,17)(H3,13,14,15). The maximum absolute atomic E-state index is 11.4. The topological polar surface area (TPSA) is 80.0 Å². The van der Waals surface area contributed by atoms with Crippen molar-refractivity contribution in [3.8, 4) is 0 Å². The zero-order valence-corrected chi connectivity index (χ0v) is 9.78. The number of rotatable bonds is 6. The van der Waals surface area contributed by atoms with Crippen molar-refractivity contribution in [2.75, 3.05) is 17.6 Å². The molecule has 0 aliphatic heterocycles. The van der Waals surface area contributed by atoms with Crippen LogP contribution in [0.25, 0.3) is 0 Å². The molecule has 4 N–H and O–H groups in total. The van der Waals surface area contributed by atoms with Crippen LogP contribution in [0, 0.1) is 0 Å². The smallest absolute Gasteiger partial charge is 0.220 e. The summed E-state index contributed by atoms with van der Waals surface area (Å²) in [6.07, 6.45) is 5.30. The van der Waals surface area contributed by atoms with Gasteiger partial charge in [-0.3, -0.25) is 4.79 Å². The van der Waals surface area contributed by atoms with Crippen LogP contribution < -0.4 is 16.4 Å². The number of nitrogens with zero attached hydrogens (tertiary/aromatic N) is 1. The van der Waals surface area contributed by atoms with E-state index in [0.29, 0.717) is 18.2 Å². The van der Waals surface area contributed by atoms with Crippen LogP contribution in [0.2, 0.25) is 0 Å². The van der Waals surface area contributed by atoms with Crippen molar-refractivity contribution >= 4 is 17.4 Å². The van der Waals surface area contributed by atoms with Gasteiger partial charge in [0.15, 0.2) is 0 Å². The van der Waals surface area contributed by atoms with E-state index in [1.165, 1.54) is 0 Å². The number of carbonyl (C=O) groups excluding carboxylic acids is 1. The summed E-state index contributed by atoms with van der Waals surface area (Å²) in [6.45, 7) is 0.731. The summed E-state index contributed by atoms with van der Waals surface area (Å²) in [7, 11) is 0. The maximum Gasteiger partial charge on any atom is 0.220 e. The minimum absolute atomic E-state index is 0.148. The van der Waals surface area contributed by atoms with Gasteiger partial charge in [0.2, 0.25) is 5.91 Å². The van der Waals surface area contributed by atoms with Gasteiger partial charge in [-0.15, -0.1) is 0 Å². The van der Waals surface area contributed by atoms with Crippen LogP contribution in [-0.2, 0) is 4.79 Å². The van der Waals surface area contributed by atoms with E-state index in [-0.39, 0.29) is 5.91 Å². The molecule has 92 valence electrons. The molecule has 17 heavy (non-hydrogen) atoms. The Morgan fingerprint density at radius 1 is 1.53 bits per heavy atom. The lowest BCUT2D eigenvalue weighted by molar-refractivity contribution is -0.121. The molecule has 0 radical (unpaired) electrons. The molecular formula is C12H18N4O. The van der Waals surface area contributed by atoms with Gasteiger partial charge in [0, 0.05) is 37.0 Å². The Bertz CT molecular complexity index is 390. The Kier molecular flexibility index (Phi) is 3.80. The third-order valence-corrected chi connectivity index (χ3v) is 2.61. The van der Waals surface area contributed by atoms with Crippen molar-refractivity contribution in [1.82, 2.24) is 10.3 Å². The molecular weight excluding hydrogens is 216 g/mol. The van der Waals surface area contributed by atoms with Gasteiger partial charge in [0.05, 0.1) is 0 Å². The van der Waals surface area contributed by atoms with Crippen LogP contribution in [0.3, 0.4) is 0 Å². The number of hydrogen-bond donors (Lipinski definition) is 3. The summed E-state index contributed by atoms with van der Waals surface area (Å²) in [6, 6.07) is 3.98. The van der Waals surface area contributed by atoms with E-state index in [1.807, 2.05) is 0 Å². The summed E-state index contributed by atoms with van der Waals surface area (Å²) < 4.78 is 0. The zero-order valence-electron chi connectivity index (χ0n) is 9.78. The molecule has 1 aromatic rings. The van der Waals surface area contributed by atoms with Crippen LogP contribution in [0.15, 0.2) is 18.3 Å². The van der Waals surface area contributed by atoms with Crippen molar-refractivity contribution in [2.24, 2.45) is 0 Å². The number of hydrogen-bond acceptors (Lipinski definition) is 4. The summed E-state index contributed by atoms with van der Waals surface area (Å²) in [4.78, 5) is 15.5. The van der Waals surface area contributed by atoms with E-state index in [9.17, 15) is 4.79 Å². The average Bonchev–Trinajstić information content (AvgIpc) is 3.08. The quantitative estimate of drug-likeness (QED) is 0.645. The molecule has 0 unspecified atom stereocenters. The first-order valence-corrected chi connectivity index (χ1v) is 5.99. The van der Waals surface area contributed by atoms with Gasteiger partial charge in [0.1, 0.15) is 5.82 Å². The fraction of sp³-hybridized carbons (Fsp3) is 0.500. The molecule has 1 aromatic heterocycles. The van der Waals surface area contributed by atoms with Crippen LogP contribution in [0.1, 0.15) is 25.7 Å². The molecule has 0 atom stereocenters. The van der Waals surface area contributed by atoms with E-state index in [1.54, 1.807) is 18.3 Å². The molecule has 1 fully saturated rings. The van der Waals surface area contributed by atoms with Crippen molar-refractivity contribution in [1.29, 1.82) is 0 Å². The molecule has 0 saturated heterocycles. The fourth-order valence-corrected chi connectivity index (χ4v) is 1.54. The van der Waals surface area contributed by atoms with Crippen LogP contribution >= 0.6 is 0 Å². The van der Waals surface area contributed by atoms with Gasteiger partial charge < -0.3 is 16.4 Å². The summed E-state index contributed by atoms with van der Waals surface area (Å²) in [5, 5.41) is 6.10. The largest absolute Gasteiger partial charge is 0.399 e. The third kappa shape index (κ3) is 4.30. The molecule has 1 amide bonds. The highest BCUT2D eigenvalue weighted by Crippen LogP contribution is 2.18. The zero-order chi connectivity index (χ0) is 12.1. The minimum Gasteiger partial charge on any atom is -0.399 e. The van der Waals surface area contributed by atoms with Gasteiger partial charge in [-0.2, -0.15) is 0 Å². The summed E-state index contributed by atoms with van der Waals surface area (Å²) in [5.41, 5.74) is 6.32. The highest BCUT2D eigenvalue weighted by molar-refractivity contribution is 5.76. The molecule has 0 aromatic carbocycles. The normalized spacial score (nSPS) is 14.4. The number of anilines is 2. The molecule has 5 heteroatoms. The lowest BCUT2D eigenvalue weighted by Gasteiger charge is -2.06. The Hall–Kier alpha value is -1.78. The number of pyridine rings is 1. The van der Waals surface area contributed by atoms with Crippen molar-refractivity contribution < 1.29 is 4.79 Å². The molecule has 5 nitrogen and oxygen atoms in total. The van der Waals surface area contributed by atoms with E-state index < -0.39 is 0 Å². The summed E-state index contributed by atoms with van der Waals surface area (Å²) in [5.74, 6) is 0.905. The lowest BCUT2D eigenvalue weighted by atomic mass is 10.3. The Morgan fingerprint density at radius 2 is 2.35 bits per heavy atom. The number of nitrogens with two attached hydrogens (primary N) is 1. The van der Waals surface area contributed by atoms with E-state index in [2.05, 4.69) is 15.6 Å². The Balaban J connectivity index is 1.60. The predicted molar refractivity (Wildman–Crippen MR) is 67.5 cm³/mol. The molecule has 1 heterocycles. The van der Waals surface area contributed by atoms with Gasteiger partial charge in [0.25, 0.3) is 0 Å². The highest BCUT2D eigenvalue weighted by atomic mass is 16.1. The molecule has 1 saturated carbocycles. The Morgan fingerprint density at radius 3 is 3.06 bits per heavy atom. The number of aromatic nitrogens is 1. The molecule has 0 bridgehead atoms. The van der Waals surface area contributed by atoms with Gasteiger partial charge in [-0.1, -0.05) is 0 Å². The first kappa shape index (κ1) is 11.7. The fourth-order valence-electron chi connectivity index (χ4n) is 1.54. The SMILES string of the molecule is Nc1ccnc(NCCCC(=O)NC2CC2)c1. The molecule has 0 spiro atoms. The first-order chi connectivity index (χ1) is 8.24. The number of amides is 1. The molecule has 1 aliphatic rings. The molecule has 2 rings (SSSR count). The van der Waals surface area contributed by atoms with Gasteiger partial charge >= 0.3 is 0 Å². The van der Waals surface area contributed by atoms with Gasteiger partial charge in [-0.05, 0) is 25.3 Å². The van der Waals surface area contributed by atoms with Gasteiger partial charge in [-0.25, -0.2) is 4.98 Å². The molecule has 1 aliphatic carbocycles. The Labute approximate surface area is 101 Å². The van der Waals surface area contributed by atoms with Crippen LogP contribution in [-0.4, -0.2) is 23.5 Å². The third-order valence-electron chi connectivity index (χ3n) is 2.61. The van der Waals surface area contributed by atoms with Crippen LogP contribution in [0.4, 0.5) is 11.5 Å². The second kappa shape index (κ2) is 5.52. The predicted octanol–water partition coefficient (Wildman–Crippen LogP) is 1.13. The van der Waals surface area contributed by atoms with E-state index in [0.717, 1.165) is 31.6 Å². The second-order valence-corrected chi connectivity index (χ2v) is 4.35. The summed E-state index contributed by atoms with van der Waals surface area (Å²) >= 11 is 0. The number of nitrogens with one attached hydrogen (secondary N) is 2. The van der Waals surface area contributed by atoms with E-state index >= 15 is 0 Å². The highest BCUT2D eigenvalue weighted by Gasteiger charge is 2.22. The lowest BCUT2D eigenvalue weighted by Crippen LogP contribution is -2.25. The number of carbonyl (C=O) groups is 1. The van der Waals surface area contributed by atoms with Crippen LogP contribution in [0.5, 0.6) is 0 Å². The van der Waals surface area contributed by atoms with Crippen molar-refractivity contribution in [2.45, 2.75) is 31.7 Å². The monoisotopic (exact) mass is 234 g/mol. The number of nitrogen functional groups attached to an aromatic ring is 1. The van der Waals surface area contributed by atoms with Crippen molar-refractivity contribution in [3.63, 3.8) is 0 Å². The maximum atomic E-state index is 11.4.